The molecule has 0 aliphatic carbocycles. The van der Waals surface area contributed by atoms with Gasteiger partial charge in [0.25, 0.3) is 0 Å². The van der Waals surface area contributed by atoms with Crippen LogP contribution in [0.15, 0.2) is 24.3 Å². The Bertz CT molecular complexity index is 664. The number of carbonyl (C=O) groups excluding carboxylic acids is 2. The van der Waals surface area contributed by atoms with Crippen LogP contribution in [0.3, 0.4) is 0 Å². The summed E-state index contributed by atoms with van der Waals surface area (Å²) in [6.07, 6.45) is 1.99. The van der Waals surface area contributed by atoms with E-state index in [4.69, 9.17) is 0 Å². The number of benzene rings is 1. The molecule has 0 aromatic heterocycles. The molecule has 1 aromatic rings. The molecule has 1 unspecified atom stereocenters. The first-order valence-corrected chi connectivity index (χ1v) is 8.62. The fourth-order valence-electron chi connectivity index (χ4n) is 3.09. The van der Waals surface area contributed by atoms with Gasteiger partial charge in [0.1, 0.15) is 0 Å². The van der Waals surface area contributed by atoms with Gasteiger partial charge in [-0.25, -0.2) is 0 Å². The number of para-hydroxylation sites is 1. The molecule has 1 atom stereocenters. The van der Waals surface area contributed by atoms with Crippen LogP contribution in [-0.2, 0) is 19.8 Å². The highest BCUT2D eigenvalue weighted by atomic mass is 16.4. The second-order valence-electron chi connectivity index (χ2n) is 7.53. The van der Waals surface area contributed by atoms with Crippen molar-refractivity contribution in [1.82, 2.24) is 4.90 Å². The Labute approximate surface area is 148 Å². The van der Waals surface area contributed by atoms with Gasteiger partial charge in [-0.3, -0.25) is 14.4 Å². The Kier molecular flexibility index (Phi) is 5.82. The number of anilines is 1. The second kappa shape index (κ2) is 7.68. The van der Waals surface area contributed by atoms with E-state index in [1.165, 1.54) is 4.90 Å². The van der Waals surface area contributed by atoms with Gasteiger partial charge in [-0.15, -0.1) is 0 Å². The van der Waals surface area contributed by atoms with Crippen LogP contribution in [0.4, 0.5) is 5.69 Å². The van der Waals surface area contributed by atoms with Crippen molar-refractivity contribution in [2.75, 3.05) is 18.4 Å². The minimum Gasteiger partial charge on any atom is -0.481 e. The van der Waals surface area contributed by atoms with Crippen molar-refractivity contribution in [2.24, 2.45) is 5.92 Å². The third-order valence-electron chi connectivity index (χ3n) is 4.49. The number of likely N-dealkylation sites (tertiary alicyclic amines) is 1. The summed E-state index contributed by atoms with van der Waals surface area (Å²) < 4.78 is 0. The van der Waals surface area contributed by atoms with Crippen LogP contribution in [0.5, 0.6) is 0 Å². The quantitative estimate of drug-likeness (QED) is 0.806. The summed E-state index contributed by atoms with van der Waals surface area (Å²) in [5.41, 5.74) is 1.37. The molecule has 2 N–H and O–H groups in total. The minimum atomic E-state index is -0.918. The van der Waals surface area contributed by atoms with Gasteiger partial charge in [-0.1, -0.05) is 45.4 Å². The molecular weight excluding hydrogens is 320 g/mol. The predicted octanol–water partition coefficient (Wildman–Crippen LogP) is 2.64. The van der Waals surface area contributed by atoms with Crippen molar-refractivity contribution in [2.45, 2.75) is 45.4 Å². The van der Waals surface area contributed by atoms with Crippen LogP contribution < -0.4 is 5.32 Å². The average Bonchev–Trinajstić information content (AvgIpc) is 2.79. The van der Waals surface area contributed by atoms with Gasteiger partial charge in [-0.2, -0.15) is 0 Å². The van der Waals surface area contributed by atoms with E-state index >= 15 is 0 Å². The molecule has 1 heterocycles. The first kappa shape index (κ1) is 19.0. The molecule has 1 aromatic carbocycles. The predicted molar refractivity (Wildman–Crippen MR) is 95.3 cm³/mol. The number of hydrogen-bond donors (Lipinski definition) is 2. The highest BCUT2D eigenvalue weighted by molar-refractivity contribution is 6.39. The number of aliphatic carboxylic acids is 1. The maximum atomic E-state index is 12.5. The average molecular weight is 346 g/mol. The Morgan fingerprint density at radius 2 is 1.84 bits per heavy atom. The molecule has 0 radical (unpaired) electrons. The van der Waals surface area contributed by atoms with Crippen LogP contribution in [0, 0.1) is 5.92 Å². The van der Waals surface area contributed by atoms with E-state index < -0.39 is 23.7 Å². The summed E-state index contributed by atoms with van der Waals surface area (Å²) >= 11 is 0. The van der Waals surface area contributed by atoms with Gasteiger partial charge in [0.2, 0.25) is 0 Å². The van der Waals surface area contributed by atoms with E-state index in [1.807, 2.05) is 39.0 Å². The molecule has 0 bridgehead atoms. The highest BCUT2D eigenvalue weighted by Gasteiger charge is 2.30. The fourth-order valence-corrected chi connectivity index (χ4v) is 3.09. The maximum absolute atomic E-state index is 12.5. The van der Waals surface area contributed by atoms with Gasteiger partial charge in [0.15, 0.2) is 0 Å². The monoisotopic (exact) mass is 346 g/mol. The lowest BCUT2D eigenvalue weighted by Crippen LogP contribution is -2.43. The molecule has 2 rings (SSSR count). The van der Waals surface area contributed by atoms with Gasteiger partial charge < -0.3 is 15.3 Å². The minimum absolute atomic E-state index is 0.0858. The smallest absolute Gasteiger partial charge is 0.313 e. The molecule has 2 amide bonds. The van der Waals surface area contributed by atoms with E-state index in [9.17, 15) is 19.5 Å². The lowest BCUT2D eigenvalue weighted by Gasteiger charge is -2.25. The van der Waals surface area contributed by atoms with Crippen molar-refractivity contribution in [1.29, 1.82) is 0 Å². The number of carbonyl (C=O) groups is 3. The number of nitrogens with zero attached hydrogens (tertiary/aromatic N) is 1. The zero-order chi connectivity index (χ0) is 18.6. The Morgan fingerprint density at radius 3 is 2.48 bits per heavy atom. The highest BCUT2D eigenvalue weighted by Crippen LogP contribution is 2.29. The number of nitrogens with one attached hydrogen (secondary N) is 1. The molecule has 136 valence electrons. The summed E-state index contributed by atoms with van der Waals surface area (Å²) in [5, 5.41) is 11.9. The lowest BCUT2D eigenvalue weighted by atomic mass is 9.86. The van der Waals surface area contributed by atoms with Crippen molar-refractivity contribution >= 4 is 23.5 Å². The number of carboxylic acid groups (broad SMARTS) is 1. The van der Waals surface area contributed by atoms with Crippen LogP contribution in [0.2, 0.25) is 0 Å². The van der Waals surface area contributed by atoms with Crippen molar-refractivity contribution < 1.29 is 19.5 Å². The number of carboxylic acids is 1. The van der Waals surface area contributed by atoms with Crippen LogP contribution in [0.1, 0.15) is 45.6 Å². The van der Waals surface area contributed by atoms with Gasteiger partial charge >= 0.3 is 17.8 Å². The third-order valence-corrected chi connectivity index (χ3v) is 4.49. The summed E-state index contributed by atoms with van der Waals surface area (Å²) in [5.74, 6) is -2.92. The van der Waals surface area contributed by atoms with E-state index in [0.717, 1.165) is 12.0 Å². The van der Waals surface area contributed by atoms with E-state index in [0.29, 0.717) is 25.1 Å². The van der Waals surface area contributed by atoms with Crippen LogP contribution in [-0.4, -0.2) is 40.9 Å². The molecular formula is C19H26N2O4. The lowest BCUT2D eigenvalue weighted by molar-refractivity contribution is -0.146. The number of rotatable bonds is 2. The number of hydrogen-bond acceptors (Lipinski definition) is 3. The Balaban J connectivity index is 2.13. The SMILES string of the molecule is CC(C)(C)c1ccccc1NC(=O)C(=O)N1CCCCC(C(=O)O)C1. The first-order valence-electron chi connectivity index (χ1n) is 8.62. The number of amides is 2. The molecule has 25 heavy (non-hydrogen) atoms. The second-order valence-corrected chi connectivity index (χ2v) is 7.53. The van der Waals surface area contributed by atoms with Gasteiger partial charge in [0, 0.05) is 18.8 Å². The molecule has 0 saturated carbocycles. The zero-order valence-corrected chi connectivity index (χ0v) is 15.0. The summed E-state index contributed by atoms with van der Waals surface area (Å²) in [6.45, 7) is 6.60. The standard InChI is InChI=1S/C19H26N2O4/c1-19(2,3)14-9-4-5-10-15(14)20-16(22)17(23)21-11-7-6-8-13(12-21)18(24)25/h4-5,9-10,13H,6-8,11-12H2,1-3H3,(H,20,22)(H,24,25). The van der Waals surface area contributed by atoms with Crippen molar-refractivity contribution in [3.8, 4) is 0 Å². The zero-order valence-electron chi connectivity index (χ0n) is 15.0. The van der Waals surface area contributed by atoms with Gasteiger partial charge in [0.05, 0.1) is 5.92 Å². The largest absolute Gasteiger partial charge is 0.481 e. The molecule has 6 nitrogen and oxygen atoms in total. The third kappa shape index (κ3) is 4.81. The molecule has 0 spiro atoms. The maximum Gasteiger partial charge on any atom is 0.313 e. The first-order chi connectivity index (χ1) is 11.7. The Hall–Kier alpha value is -2.37. The molecule has 1 aliphatic heterocycles. The normalized spacial score (nSPS) is 18.4. The molecule has 1 fully saturated rings. The van der Waals surface area contributed by atoms with Crippen LogP contribution in [0.25, 0.3) is 0 Å². The summed E-state index contributed by atoms with van der Waals surface area (Å²) in [4.78, 5) is 37.5. The van der Waals surface area contributed by atoms with Crippen LogP contribution >= 0.6 is 0 Å². The molecule has 1 saturated heterocycles. The van der Waals surface area contributed by atoms with E-state index in [-0.39, 0.29) is 12.0 Å². The fraction of sp³-hybridized carbons (Fsp3) is 0.526. The topological polar surface area (TPSA) is 86.7 Å². The van der Waals surface area contributed by atoms with Gasteiger partial charge in [-0.05, 0) is 29.9 Å². The molecule has 6 heteroatoms. The van der Waals surface area contributed by atoms with E-state index in [2.05, 4.69) is 5.32 Å². The van der Waals surface area contributed by atoms with Crippen molar-refractivity contribution in [3.63, 3.8) is 0 Å². The van der Waals surface area contributed by atoms with E-state index in [1.54, 1.807) is 6.07 Å². The summed E-state index contributed by atoms with van der Waals surface area (Å²) in [6, 6.07) is 7.40. The molecule has 1 aliphatic rings. The summed E-state index contributed by atoms with van der Waals surface area (Å²) in [7, 11) is 0. The van der Waals surface area contributed by atoms with Crippen molar-refractivity contribution in [3.05, 3.63) is 29.8 Å². The Morgan fingerprint density at radius 1 is 1.16 bits per heavy atom.